The van der Waals surface area contributed by atoms with Gasteiger partial charge in [0.2, 0.25) is 5.91 Å². The van der Waals surface area contributed by atoms with Gasteiger partial charge in [0, 0.05) is 22.9 Å². The summed E-state index contributed by atoms with van der Waals surface area (Å²) in [7, 11) is 0. The summed E-state index contributed by atoms with van der Waals surface area (Å²) in [4.78, 5) is 22.0. The van der Waals surface area contributed by atoms with Gasteiger partial charge in [-0.05, 0) is 43.4 Å². The normalized spacial score (nSPS) is 10.6. The summed E-state index contributed by atoms with van der Waals surface area (Å²) in [6.45, 7) is 2.08. The number of thioether (sulfide) groups is 1. The number of benzene rings is 1. The number of nitrogens with zero attached hydrogens (tertiary/aromatic N) is 2. The number of amides is 1. The number of hydrogen-bond donors (Lipinski definition) is 1. The maximum absolute atomic E-state index is 12.0. The van der Waals surface area contributed by atoms with Crippen LogP contribution in [0.1, 0.15) is 18.4 Å². The second-order valence-electron chi connectivity index (χ2n) is 5.57. The van der Waals surface area contributed by atoms with Crippen LogP contribution in [0.5, 0.6) is 0 Å². The summed E-state index contributed by atoms with van der Waals surface area (Å²) >= 11 is 3.20. The number of pyridine rings is 1. The zero-order valence-corrected chi connectivity index (χ0v) is 15.6. The molecule has 0 aliphatic carbocycles. The van der Waals surface area contributed by atoms with Gasteiger partial charge in [0.1, 0.15) is 5.69 Å². The fourth-order valence-corrected chi connectivity index (χ4v) is 3.78. The van der Waals surface area contributed by atoms with Crippen molar-refractivity contribution in [2.45, 2.75) is 24.7 Å². The first kappa shape index (κ1) is 17.6. The molecule has 3 aromatic rings. The second kappa shape index (κ2) is 8.78. The maximum atomic E-state index is 12.0. The highest BCUT2D eigenvalue weighted by Crippen LogP contribution is 2.23. The van der Waals surface area contributed by atoms with Gasteiger partial charge in [-0.15, -0.1) is 23.1 Å². The molecule has 0 aliphatic rings. The summed E-state index contributed by atoms with van der Waals surface area (Å²) < 4.78 is 0. The van der Waals surface area contributed by atoms with Gasteiger partial charge in [-0.3, -0.25) is 9.78 Å². The van der Waals surface area contributed by atoms with Crippen molar-refractivity contribution in [3.8, 4) is 11.4 Å². The van der Waals surface area contributed by atoms with Crippen molar-refractivity contribution in [1.29, 1.82) is 0 Å². The molecule has 2 aromatic heterocycles. The van der Waals surface area contributed by atoms with Crippen molar-refractivity contribution in [2.24, 2.45) is 0 Å². The lowest BCUT2D eigenvalue weighted by atomic mass is 10.2. The first-order valence-electron chi connectivity index (χ1n) is 8.07. The summed E-state index contributed by atoms with van der Waals surface area (Å²) in [6.07, 6.45) is 3.07. The highest BCUT2D eigenvalue weighted by molar-refractivity contribution is 7.99. The molecule has 128 valence electrons. The van der Waals surface area contributed by atoms with Crippen molar-refractivity contribution >= 4 is 34.1 Å². The van der Waals surface area contributed by atoms with Crippen molar-refractivity contribution in [1.82, 2.24) is 9.97 Å². The Balaban J connectivity index is 1.42. The van der Waals surface area contributed by atoms with Crippen molar-refractivity contribution in [3.05, 3.63) is 59.6 Å². The molecule has 2 heterocycles. The van der Waals surface area contributed by atoms with E-state index in [1.165, 1.54) is 21.8 Å². The highest BCUT2D eigenvalue weighted by atomic mass is 32.2. The molecule has 1 aromatic carbocycles. The van der Waals surface area contributed by atoms with Gasteiger partial charge >= 0.3 is 0 Å². The third-order valence-electron chi connectivity index (χ3n) is 3.52. The number of rotatable bonds is 7. The fourth-order valence-electron chi connectivity index (χ4n) is 2.20. The van der Waals surface area contributed by atoms with Crippen LogP contribution in [0.15, 0.2) is 58.9 Å². The predicted molar refractivity (Wildman–Crippen MR) is 105 cm³/mol. The van der Waals surface area contributed by atoms with E-state index in [-0.39, 0.29) is 5.91 Å². The van der Waals surface area contributed by atoms with Gasteiger partial charge < -0.3 is 5.32 Å². The smallest absolute Gasteiger partial charge is 0.226 e. The van der Waals surface area contributed by atoms with Crippen molar-refractivity contribution in [2.75, 3.05) is 11.1 Å². The lowest BCUT2D eigenvalue weighted by molar-refractivity contribution is -0.116. The molecule has 0 radical (unpaired) electrons. The Morgan fingerprint density at radius 1 is 1.16 bits per heavy atom. The minimum atomic E-state index is 0.00595. The Labute approximate surface area is 155 Å². The molecule has 25 heavy (non-hydrogen) atoms. The number of thiazole rings is 1. The first-order chi connectivity index (χ1) is 12.2. The Hall–Kier alpha value is -2.18. The van der Waals surface area contributed by atoms with Crippen molar-refractivity contribution < 1.29 is 4.79 Å². The Kier molecular flexibility index (Phi) is 6.19. The van der Waals surface area contributed by atoms with Crippen LogP contribution in [0.2, 0.25) is 0 Å². The summed E-state index contributed by atoms with van der Waals surface area (Å²) in [6, 6.07) is 14.2. The molecule has 0 aliphatic heterocycles. The van der Waals surface area contributed by atoms with Crippen LogP contribution in [0.3, 0.4) is 0 Å². The molecule has 0 fully saturated rings. The van der Waals surface area contributed by atoms with Crippen LogP contribution in [0, 0.1) is 6.92 Å². The van der Waals surface area contributed by atoms with E-state index >= 15 is 0 Å². The molecular formula is C19H19N3OS2. The number of aromatic nitrogens is 2. The molecule has 6 heteroatoms. The Morgan fingerprint density at radius 3 is 2.76 bits per heavy atom. The topological polar surface area (TPSA) is 54.9 Å². The van der Waals surface area contributed by atoms with Crippen molar-refractivity contribution in [3.63, 3.8) is 0 Å². The van der Waals surface area contributed by atoms with Crippen LogP contribution in [0.4, 0.5) is 5.13 Å². The van der Waals surface area contributed by atoms with E-state index in [2.05, 4.69) is 46.5 Å². The lowest BCUT2D eigenvalue weighted by Crippen LogP contribution is -2.11. The second-order valence-corrected chi connectivity index (χ2v) is 7.59. The van der Waals surface area contributed by atoms with E-state index < -0.39 is 0 Å². The van der Waals surface area contributed by atoms with Gasteiger partial charge in [0.05, 0.1) is 5.69 Å². The quantitative estimate of drug-likeness (QED) is 0.469. The van der Waals surface area contributed by atoms with Gasteiger partial charge in [-0.1, -0.05) is 23.8 Å². The van der Waals surface area contributed by atoms with Crippen LogP contribution < -0.4 is 5.32 Å². The van der Waals surface area contributed by atoms with E-state index in [1.54, 1.807) is 18.0 Å². The molecule has 0 bridgehead atoms. The van der Waals surface area contributed by atoms with E-state index in [4.69, 9.17) is 0 Å². The van der Waals surface area contributed by atoms with Crippen LogP contribution in [-0.4, -0.2) is 21.6 Å². The van der Waals surface area contributed by atoms with Crippen LogP contribution >= 0.6 is 23.1 Å². The third kappa shape index (κ3) is 5.41. The minimum absolute atomic E-state index is 0.00595. The van der Waals surface area contributed by atoms with Gasteiger partial charge in [0.15, 0.2) is 5.13 Å². The largest absolute Gasteiger partial charge is 0.302 e. The van der Waals surface area contributed by atoms with E-state index in [0.29, 0.717) is 11.6 Å². The standard InChI is InChI=1S/C19H19N3OS2/c1-14-7-9-15(10-8-14)24-12-4-6-18(23)22-19-21-17(13-25-19)16-5-2-3-11-20-16/h2-3,5,7-11,13H,4,6,12H2,1H3,(H,21,22,23). The number of carbonyl (C=O) groups is 1. The summed E-state index contributed by atoms with van der Waals surface area (Å²) in [5.41, 5.74) is 2.86. The Bertz CT molecular complexity index is 816. The maximum Gasteiger partial charge on any atom is 0.226 e. The molecule has 4 nitrogen and oxygen atoms in total. The van der Waals surface area contributed by atoms with Gasteiger partial charge in [-0.2, -0.15) is 0 Å². The minimum Gasteiger partial charge on any atom is -0.302 e. The number of hydrogen-bond acceptors (Lipinski definition) is 5. The van der Waals surface area contributed by atoms with Gasteiger partial charge in [0.25, 0.3) is 0 Å². The van der Waals surface area contributed by atoms with Crippen LogP contribution in [0.25, 0.3) is 11.4 Å². The average Bonchev–Trinajstić information content (AvgIpc) is 3.09. The molecule has 3 rings (SSSR count). The summed E-state index contributed by atoms with van der Waals surface area (Å²) in [5, 5.41) is 5.40. The number of aryl methyl sites for hydroxylation is 1. The average molecular weight is 370 g/mol. The SMILES string of the molecule is Cc1ccc(SCCCC(=O)Nc2nc(-c3ccccn3)cs2)cc1. The molecule has 0 saturated heterocycles. The zero-order chi connectivity index (χ0) is 17.5. The fraction of sp³-hybridized carbons (Fsp3) is 0.211. The Morgan fingerprint density at radius 2 is 2.00 bits per heavy atom. The first-order valence-corrected chi connectivity index (χ1v) is 9.93. The molecule has 0 saturated carbocycles. The lowest BCUT2D eigenvalue weighted by Gasteiger charge is -2.03. The van der Waals surface area contributed by atoms with Gasteiger partial charge in [-0.25, -0.2) is 4.98 Å². The molecule has 1 amide bonds. The number of carbonyl (C=O) groups excluding carboxylic acids is 1. The van der Waals surface area contributed by atoms with Crippen LogP contribution in [-0.2, 0) is 4.79 Å². The summed E-state index contributed by atoms with van der Waals surface area (Å²) in [5.74, 6) is 0.930. The molecule has 0 spiro atoms. The molecule has 0 unspecified atom stereocenters. The molecular weight excluding hydrogens is 350 g/mol. The van der Waals surface area contributed by atoms with E-state index in [1.807, 2.05) is 23.6 Å². The third-order valence-corrected chi connectivity index (χ3v) is 5.37. The van der Waals surface area contributed by atoms with E-state index in [9.17, 15) is 4.79 Å². The monoisotopic (exact) mass is 369 g/mol. The van der Waals surface area contributed by atoms with E-state index in [0.717, 1.165) is 23.6 Å². The molecule has 1 N–H and O–H groups in total. The number of anilines is 1. The number of nitrogens with one attached hydrogen (secondary N) is 1. The highest BCUT2D eigenvalue weighted by Gasteiger charge is 2.08. The molecule has 0 atom stereocenters. The zero-order valence-electron chi connectivity index (χ0n) is 13.9. The predicted octanol–water partition coefficient (Wildman–Crippen LogP) is 5.02.